The van der Waals surface area contributed by atoms with Gasteiger partial charge < -0.3 is 34.2 Å². The van der Waals surface area contributed by atoms with E-state index >= 15 is 0 Å². The highest BCUT2D eigenvalue weighted by Gasteiger charge is 2.28. The molecular formula is C41H41Cl11N6O13P2. The highest BCUT2D eigenvalue weighted by Crippen LogP contribution is 2.61. The summed E-state index contributed by atoms with van der Waals surface area (Å²) in [6, 6.07) is 16.0. The Balaban J connectivity index is 0.000000849. The summed E-state index contributed by atoms with van der Waals surface area (Å²) in [5.41, 5.74) is 4.66. The van der Waals surface area contributed by atoms with Crippen LogP contribution in [0.25, 0.3) is 0 Å². The number of nitrogens with zero attached hydrogens (tertiary/aromatic N) is 6. The highest BCUT2D eigenvalue weighted by atomic mass is 36.1. The fourth-order valence-corrected chi connectivity index (χ4v) is 5.99. The summed E-state index contributed by atoms with van der Waals surface area (Å²) >= 11 is 55.7. The summed E-state index contributed by atoms with van der Waals surface area (Å²) in [5.74, 6) is -1.52. The van der Waals surface area contributed by atoms with Gasteiger partial charge in [0, 0.05) is 25.0 Å². The second-order valence-corrected chi connectivity index (χ2v) is 27.6. The molecule has 1 amide bonds. The maximum Gasteiger partial charge on any atom is 0.344 e. The van der Waals surface area contributed by atoms with E-state index in [-0.39, 0.29) is 47.4 Å². The SMILES string of the molecule is COC(=O)c1ccc(Cl)nc1CCl.COC(=O)c1ccc[n+]([O-])c1CCl.COC(=O)c1cccnc1C.COC(=O)c1cccnc1CCl.O=C1c2ccc(Cl)nc2CN1CCO.O=P(Cl)(Cl)Cl.O=P(Cl)(Cl)Cl. The van der Waals surface area contributed by atoms with Crippen molar-refractivity contribution in [3.63, 3.8) is 0 Å². The Kier molecular flexibility index (Phi) is 34.7. The van der Waals surface area contributed by atoms with E-state index in [2.05, 4.69) is 106 Å². The van der Waals surface area contributed by atoms with Gasteiger partial charge in [0.25, 0.3) is 5.91 Å². The number of esters is 4. The molecule has 19 nitrogen and oxygen atoms in total. The molecule has 6 rings (SSSR count). The molecule has 32 heteroatoms. The predicted octanol–water partition coefficient (Wildman–Crippen LogP) is 12.2. The smallest absolute Gasteiger partial charge is 0.344 e. The van der Waals surface area contributed by atoms with Crippen LogP contribution in [0.1, 0.15) is 80.3 Å². The Labute approximate surface area is 472 Å². The van der Waals surface area contributed by atoms with Gasteiger partial charge in [0.05, 0.1) is 98.4 Å². The van der Waals surface area contributed by atoms with Crippen molar-refractivity contribution in [3.8, 4) is 0 Å². The Morgan fingerprint density at radius 3 is 1.58 bits per heavy atom. The number of carbonyl (C=O) groups excluding carboxylic acids is 5. The number of fused-ring (bicyclic) bond motifs is 1. The van der Waals surface area contributed by atoms with Gasteiger partial charge in [0.1, 0.15) is 21.7 Å². The molecule has 1 N–H and O–H groups in total. The number of halogens is 11. The Morgan fingerprint density at radius 2 is 1.10 bits per heavy atom. The Hall–Kier alpha value is -3.49. The van der Waals surface area contributed by atoms with E-state index in [1.807, 2.05) is 0 Å². The maximum absolute atomic E-state index is 11.6. The zero-order valence-corrected chi connectivity index (χ0v) is 48.4. The number of β-amino-alcohol motifs (C(OH)–C–C–N with tert-alkyl or cyclic N) is 1. The first-order valence-electron chi connectivity index (χ1n) is 19.3. The zero-order chi connectivity index (χ0) is 56.1. The molecule has 0 aliphatic carbocycles. The average Bonchev–Trinajstić information content (AvgIpc) is 3.65. The summed E-state index contributed by atoms with van der Waals surface area (Å²) in [5, 5.41) is 14.1. The summed E-state index contributed by atoms with van der Waals surface area (Å²) in [6.07, 6.45) is 4.51. The number of aliphatic hydroxyl groups excluding tert-OH is 1. The number of ether oxygens (including phenoxy) is 4. The van der Waals surface area contributed by atoms with Crippen LogP contribution in [-0.4, -0.2) is 101 Å². The van der Waals surface area contributed by atoms with Gasteiger partial charge in [0.15, 0.2) is 6.20 Å². The van der Waals surface area contributed by atoms with Crippen LogP contribution >= 0.6 is 136 Å². The van der Waals surface area contributed by atoms with Crippen molar-refractivity contribution in [2.45, 2.75) is 31.1 Å². The molecule has 5 aromatic heterocycles. The molecule has 0 atom stereocenters. The number of aryl methyl sites for hydroxylation is 1. The van der Waals surface area contributed by atoms with E-state index in [0.717, 1.165) is 0 Å². The number of rotatable bonds is 9. The first-order chi connectivity index (χ1) is 34.2. The van der Waals surface area contributed by atoms with Crippen LogP contribution in [0.15, 0.2) is 79.3 Å². The van der Waals surface area contributed by atoms with Gasteiger partial charge in [-0.2, -0.15) is 4.73 Å². The van der Waals surface area contributed by atoms with Crippen LogP contribution in [0.2, 0.25) is 10.3 Å². The summed E-state index contributed by atoms with van der Waals surface area (Å²) in [6.45, 7) is 2.52. The van der Waals surface area contributed by atoms with E-state index < -0.39 is 28.3 Å². The third kappa shape index (κ3) is 28.3. The molecule has 0 aromatic carbocycles. The average molecular weight is 1280 g/mol. The second kappa shape index (κ2) is 36.5. The lowest BCUT2D eigenvalue weighted by Gasteiger charge is -2.12. The molecule has 0 spiro atoms. The topological polar surface area (TPSA) is 258 Å². The fraction of sp³-hybridized carbons (Fsp3) is 0.268. The lowest BCUT2D eigenvalue weighted by Crippen LogP contribution is -2.33. The largest absolute Gasteiger partial charge is 0.618 e. The van der Waals surface area contributed by atoms with E-state index in [1.165, 1.54) is 52.8 Å². The molecule has 1 aliphatic heterocycles. The zero-order valence-electron chi connectivity index (χ0n) is 38.3. The van der Waals surface area contributed by atoms with E-state index in [9.17, 15) is 38.3 Å². The molecule has 5 aromatic rings. The molecule has 0 saturated heterocycles. The Morgan fingerprint density at radius 1 is 0.658 bits per heavy atom. The van der Waals surface area contributed by atoms with Crippen LogP contribution in [-0.2, 0) is 52.3 Å². The summed E-state index contributed by atoms with van der Waals surface area (Å²) in [4.78, 5) is 73.3. The number of pyridine rings is 5. The van der Waals surface area contributed by atoms with Crippen molar-refractivity contribution in [3.05, 3.63) is 151 Å². The van der Waals surface area contributed by atoms with Gasteiger partial charge >= 0.3 is 34.3 Å². The molecule has 0 fully saturated rings. The van der Waals surface area contributed by atoms with Crippen LogP contribution in [0.5, 0.6) is 0 Å². The van der Waals surface area contributed by atoms with Crippen molar-refractivity contribution in [2.24, 2.45) is 0 Å². The number of alkyl halides is 3. The van der Waals surface area contributed by atoms with Crippen LogP contribution in [0, 0.1) is 12.1 Å². The van der Waals surface area contributed by atoms with Gasteiger partial charge in [-0.3, -0.25) is 23.9 Å². The Bertz CT molecular complexity index is 2670. The quantitative estimate of drug-likeness (QED) is 0.0273. The van der Waals surface area contributed by atoms with Crippen molar-refractivity contribution in [1.29, 1.82) is 0 Å². The minimum absolute atomic E-state index is 0.0191. The van der Waals surface area contributed by atoms with Crippen molar-refractivity contribution in [2.75, 3.05) is 41.6 Å². The fourth-order valence-electron chi connectivity index (χ4n) is 4.99. The molecule has 0 saturated carbocycles. The van der Waals surface area contributed by atoms with Gasteiger partial charge in [0.2, 0.25) is 5.69 Å². The van der Waals surface area contributed by atoms with Gasteiger partial charge in [-0.05, 0) is 129 Å². The minimum atomic E-state index is -3.22. The molecule has 1 aliphatic rings. The number of hydrogen-bond donors (Lipinski definition) is 1. The van der Waals surface area contributed by atoms with Crippen molar-refractivity contribution < 1.29 is 61.9 Å². The second-order valence-electron chi connectivity index (χ2n) is 12.7. The lowest BCUT2D eigenvalue weighted by atomic mass is 10.2. The highest BCUT2D eigenvalue weighted by molar-refractivity contribution is 8.25. The van der Waals surface area contributed by atoms with Crippen LogP contribution in [0.4, 0.5) is 0 Å². The van der Waals surface area contributed by atoms with Crippen molar-refractivity contribution >= 4 is 166 Å². The molecule has 400 valence electrons. The van der Waals surface area contributed by atoms with E-state index in [4.69, 9.17) is 63.1 Å². The first-order valence-corrected chi connectivity index (χ1v) is 30.5. The van der Waals surface area contributed by atoms with Crippen molar-refractivity contribution in [1.82, 2.24) is 24.8 Å². The number of aliphatic hydroxyl groups is 1. The van der Waals surface area contributed by atoms with E-state index in [0.29, 0.717) is 73.2 Å². The number of hydrogen-bond acceptors (Lipinski definition) is 17. The molecule has 0 radical (unpaired) electrons. The first kappa shape index (κ1) is 69.5. The number of carbonyl (C=O) groups is 5. The van der Waals surface area contributed by atoms with Crippen LogP contribution in [0.3, 0.4) is 0 Å². The van der Waals surface area contributed by atoms with Gasteiger partial charge in [-0.25, -0.2) is 29.1 Å². The predicted molar refractivity (Wildman–Crippen MR) is 283 cm³/mol. The number of aromatic nitrogens is 5. The third-order valence-electron chi connectivity index (χ3n) is 8.07. The number of methoxy groups -OCH3 is 4. The normalized spacial score (nSPS) is 10.9. The molecule has 73 heavy (non-hydrogen) atoms. The molecule has 0 bridgehead atoms. The molecule has 6 heterocycles. The van der Waals surface area contributed by atoms with Gasteiger partial charge in [-0.1, -0.05) is 23.2 Å². The maximum atomic E-state index is 11.6. The molecular weight excluding hydrogens is 1240 g/mol. The standard InChI is InChI=1S/C9H9ClN2O2.C8H7Cl2NO2.C8H8ClNO3.C8H8ClNO2.C8H9NO2.2Cl3OP/c10-8-2-1-6-7(11-8)5-12(3-4-13)9(6)14;1-13-8(12)5-2-3-7(10)11-6(5)4-9;1-13-8(11)6-3-2-4-10(12)7(6)5-9;1-12-8(11)6-3-2-4-10-7(6)5-9;1-6-7(8(10)11-2)4-3-5-9-6;2*1-5(2,3)4/h1-2,13H,3-5H2;2-3H,4H2,1H3;2-4H,5H2,1H3;2-4H,5H2,1H3;3-5H,1-2H3;;. The lowest BCUT2D eigenvalue weighted by molar-refractivity contribution is -0.613. The molecule has 0 unspecified atom stereocenters. The van der Waals surface area contributed by atoms with Crippen LogP contribution < -0.4 is 4.73 Å². The minimum Gasteiger partial charge on any atom is -0.618 e. The van der Waals surface area contributed by atoms with E-state index in [1.54, 1.807) is 66.7 Å². The summed E-state index contributed by atoms with van der Waals surface area (Å²) in [7, 11) is 5.24. The third-order valence-corrected chi connectivity index (χ3v) is 9.25. The summed E-state index contributed by atoms with van der Waals surface area (Å²) < 4.78 is 37.7. The van der Waals surface area contributed by atoms with Gasteiger partial charge in [-0.15, -0.1) is 34.8 Å². The number of amides is 1. The monoisotopic (exact) mass is 1270 g/mol.